The Morgan fingerprint density at radius 3 is 2.46 bits per heavy atom. The number of ether oxygens (including phenoxy) is 1. The lowest BCUT2D eigenvalue weighted by atomic mass is 10.1. The summed E-state index contributed by atoms with van der Waals surface area (Å²) in [6.07, 6.45) is 2.59. The van der Waals surface area contributed by atoms with Crippen molar-refractivity contribution < 1.29 is 9.53 Å². The maximum Gasteiger partial charge on any atom is 0.230 e. The molecule has 1 aliphatic rings. The van der Waals surface area contributed by atoms with Crippen molar-refractivity contribution in [1.29, 1.82) is 0 Å². The average molecular weight is 371 g/mol. The zero-order chi connectivity index (χ0) is 18.2. The van der Waals surface area contributed by atoms with Crippen LogP contribution >= 0.6 is 11.8 Å². The molecule has 0 saturated carbocycles. The lowest BCUT2D eigenvalue weighted by Crippen LogP contribution is -2.26. The van der Waals surface area contributed by atoms with Gasteiger partial charge >= 0.3 is 0 Å². The second kappa shape index (κ2) is 9.64. The molecule has 1 N–H and O–H groups in total. The van der Waals surface area contributed by atoms with Crippen molar-refractivity contribution >= 4 is 17.7 Å². The molecule has 1 amide bonds. The molecule has 2 aromatic rings. The highest BCUT2D eigenvalue weighted by Gasteiger charge is 2.13. The van der Waals surface area contributed by atoms with E-state index in [1.807, 2.05) is 30.3 Å². The molecular weight excluding hydrogens is 344 g/mol. The summed E-state index contributed by atoms with van der Waals surface area (Å²) in [5.74, 6) is 1.30. The van der Waals surface area contributed by atoms with E-state index in [4.69, 9.17) is 4.74 Å². The van der Waals surface area contributed by atoms with Gasteiger partial charge in [-0.3, -0.25) is 9.69 Å². The van der Waals surface area contributed by atoms with Gasteiger partial charge in [-0.15, -0.1) is 11.8 Å². The molecule has 0 radical (unpaired) electrons. The molecule has 1 saturated heterocycles. The van der Waals surface area contributed by atoms with E-state index in [0.717, 1.165) is 17.2 Å². The number of amides is 1. The molecule has 0 atom stereocenters. The van der Waals surface area contributed by atoms with Crippen LogP contribution in [0.2, 0.25) is 0 Å². The van der Waals surface area contributed by atoms with Crippen LogP contribution < -0.4 is 10.1 Å². The van der Waals surface area contributed by atoms with Gasteiger partial charge in [-0.05, 0) is 61.3 Å². The molecule has 2 aromatic carbocycles. The summed E-state index contributed by atoms with van der Waals surface area (Å²) in [5.41, 5.74) is 2.53. The number of nitrogens with zero attached hydrogens (tertiary/aromatic N) is 1. The Morgan fingerprint density at radius 1 is 1.08 bits per heavy atom. The van der Waals surface area contributed by atoms with E-state index in [0.29, 0.717) is 12.3 Å². The molecule has 5 heteroatoms. The Hall–Kier alpha value is -1.98. The predicted molar refractivity (Wildman–Crippen MR) is 107 cm³/mol. The van der Waals surface area contributed by atoms with E-state index in [9.17, 15) is 4.79 Å². The van der Waals surface area contributed by atoms with Crippen LogP contribution in [0, 0.1) is 0 Å². The minimum absolute atomic E-state index is 0.0572. The van der Waals surface area contributed by atoms with Crippen molar-refractivity contribution in [3.8, 4) is 5.75 Å². The van der Waals surface area contributed by atoms with Crippen LogP contribution in [0.15, 0.2) is 53.4 Å². The number of rotatable bonds is 8. The third-order valence-corrected chi connectivity index (χ3v) is 5.63. The zero-order valence-electron chi connectivity index (χ0n) is 15.2. The minimum atomic E-state index is 0.0572. The van der Waals surface area contributed by atoms with Gasteiger partial charge in [0.25, 0.3) is 0 Å². The largest absolute Gasteiger partial charge is 0.497 e. The van der Waals surface area contributed by atoms with E-state index < -0.39 is 0 Å². The molecule has 0 unspecified atom stereocenters. The Balaban J connectivity index is 1.47. The molecule has 1 heterocycles. The maximum atomic E-state index is 12.2. The zero-order valence-corrected chi connectivity index (χ0v) is 16.1. The van der Waals surface area contributed by atoms with Gasteiger partial charge in [-0.2, -0.15) is 0 Å². The lowest BCUT2D eigenvalue weighted by molar-refractivity contribution is -0.118. The summed E-state index contributed by atoms with van der Waals surface area (Å²) in [5, 5.41) is 3.05. The molecule has 0 bridgehead atoms. The summed E-state index contributed by atoms with van der Waals surface area (Å²) < 4.78 is 5.15. The fraction of sp³-hybridized carbons (Fsp3) is 0.381. The van der Waals surface area contributed by atoms with Crippen LogP contribution in [-0.4, -0.2) is 36.8 Å². The van der Waals surface area contributed by atoms with Crippen LogP contribution in [0.5, 0.6) is 5.75 Å². The van der Waals surface area contributed by atoms with Gasteiger partial charge in [0.15, 0.2) is 0 Å². The summed E-state index contributed by atoms with van der Waals surface area (Å²) in [6.45, 7) is 3.93. The van der Waals surface area contributed by atoms with Crippen LogP contribution in [-0.2, 0) is 17.9 Å². The van der Waals surface area contributed by atoms with Gasteiger partial charge in [0.2, 0.25) is 5.91 Å². The third-order valence-electron chi connectivity index (χ3n) is 4.62. The molecule has 0 spiro atoms. The van der Waals surface area contributed by atoms with Crippen molar-refractivity contribution in [2.45, 2.75) is 30.8 Å². The van der Waals surface area contributed by atoms with Gasteiger partial charge in [0.1, 0.15) is 5.75 Å². The normalized spacial score (nSPS) is 14.3. The van der Waals surface area contributed by atoms with E-state index in [1.165, 1.54) is 48.8 Å². The van der Waals surface area contributed by atoms with E-state index in [1.54, 1.807) is 7.11 Å². The number of carbonyl (C=O) groups is 1. The predicted octanol–water partition coefficient (Wildman–Crippen LogP) is 3.70. The number of thioether (sulfide) groups is 1. The number of methoxy groups -OCH3 is 1. The van der Waals surface area contributed by atoms with Gasteiger partial charge in [-0.25, -0.2) is 0 Å². The monoisotopic (exact) mass is 370 g/mol. The molecular formula is C21H26N2O2S. The Bertz CT molecular complexity index is 712. The Morgan fingerprint density at radius 2 is 1.77 bits per heavy atom. The van der Waals surface area contributed by atoms with Crippen molar-refractivity contribution in [2.24, 2.45) is 0 Å². The van der Waals surface area contributed by atoms with Crippen LogP contribution in [0.1, 0.15) is 24.0 Å². The number of hydrogen-bond acceptors (Lipinski definition) is 4. The van der Waals surface area contributed by atoms with Crippen molar-refractivity contribution in [1.82, 2.24) is 10.2 Å². The number of benzene rings is 2. The van der Waals surface area contributed by atoms with Crippen molar-refractivity contribution in [2.75, 3.05) is 26.0 Å². The second-order valence-corrected chi connectivity index (χ2v) is 7.54. The first kappa shape index (κ1) is 18.8. The summed E-state index contributed by atoms with van der Waals surface area (Å²) in [6, 6.07) is 16.2. The van der Waals surface area contributed by atoms with E-state index in [-0.39, 0.29) is 5.91 Å². The smallest absolute Gasteiger partial charge is 0.230 e. The Labute approximate surface area is 159 Å². The quantitative estimate of drug-likeness (QED) is 0.720. The standard InChI is InChI=1S/C21H26N2O2S/c1-25-19-8-10-20(11-9-19)26-16-21(24)22-14-17-6-2-3-7-18(17)15-23-12-4-5-13-23/h2-3,6-11H,4-5,12-16H2,1H3,(H,22,24). The fourth-order valence-electron chi connectivity index (χ4n) is 3.13. The first-order valence-electron chi connectivity index (χ1n) is 9.07. The molecule has 1 fully saturated rings. The van der Waals surface area contributed by atoms with Crippen LogP contribution in [0.4, 0.5) is 0 Å². The third kappa shape index (κ3) is 5.51. The van der Waals surface area contributed by atoms with E-state index >= 15 is 0 Å². The molecule has 0 aliphatic carbocycles. The highest BCUT2D eigenvalue weighted by Crippen LogP contribution is 2.21. The van der Waals surface area contributed by atoms with Gasteiger partial charge in [0.05, 0.1) is 12.9 Å². The molecule has 26 heavy (non-hydrogen) atoms. The summed E-state index contributed by atoms with van der Waals surface area (Å²) >= 11 is 1.54. The van der Waals surface area contributed by atoms with Crippen molar-refractivity contribution in [3.05, 3.63) is 59.7 Å². The maximum absolute atomic E-state index is 12.2. The lowest BCUT2D eigenvalue weighted by Gasteiger charge is -2.17. The highest BCUT2D eigenvalue weighted by molar-refractivity contribution is 8.00. The van der Waals surface area contributed by atoms with Crippen molar-refractivity contribution in [3.63, 3.8) is 0 Å². The molecule has 0 aromatic heterocycles. The number of nitrogens with one attached hydrogen (secondary N) is 1. The average Bonchev–Trinajstić information content (AvgIpc) is 3.19. The van der Waals surface area contributed by atoms with Gasteiger partial charge in [-0.1, -0.05) is 24.3 Å². The minimum Gasteiger partial charge on any atom is -0.497 e. The molecule has 1 aliphatic heterocycles. The Kier molecular flexibility index (Phi) is 6.97. The van der Waals surface area contributed by atoms with Crippen LogP contribution in [0.3, 0.4) is 0 Å². The number of hydrogen-bond donors (Lipinski definition) is 1. The summed E-state index contributed by atoms with van der Waals surface area (Å²) in [4.78, 5) is 15.8. The van der Waals surface area contributed by atoms with Crippen LogP contribution in [0.25, 0.3) is 0 Å². The van der Waals surface area contributed by atoms with E-state index in [2.05, 4.69) is 28.4 Å². The summed E-state index contributed by atoms with van der Waals surface area (Å²) in [7, 11) is 1.65. The van der Waals surface area contributed by atoms with Gasteiger partial charge in [0, 0.05) is 18.0 Å². The van der Waals surface area contributed by atoms with Gasteiger partial charge < -0.3 is 10.1 Å². The number of likely N-dealkylation sites (tertiary alicyclic amines) is 1. The first-order chi connectivity index (χ1) is 12.7. The fourth-order valence-corrected chi connectivity index (χ4v) is 3.86. The molecule has 4 nitrogen and oxygen atoms in total. The SMILES string of the molecule is COc1ccc(SCC(=O)NCc2ccccc2CN2CCCC2)cc1. The number of carbonyl (C=O) groups excluding carboxylic acids is 1. The molecule has 3 rings (SSSR count). The molecule has 138 valence electrons. The first-order valence-corrected chi connectivity index (χ1v) is 10.1. The second-order valence-electron chi connectivity index (χ2n) is 6.49. The highest BCUT2D eigenvalue weighted by atomic mass is 32.2. The topological polar surface area (TPSA) is 41.6 Å².